The number of benzene rings is 1. The van der Waals surface area contributed by atoms with Crippen LogP contribution in [-0.4, -0.2) is 69.7 Å². The van der Waals surface area contributed by atoms with Crippen LogP contribution in [0.4, 0.5) is 9.18 Å². The molecule has 1 aromatic rings. The molecule has 0 aliphatic carbocycles. The van der Waals surface area contributed by atoms with E-state index in [1.165, 1.54) is 12.1 Å². The largest absolute Gasteiger partial charge is 0.480 e. The summed E-state index contributed by atoms with van der Waals surface area (Å²) >= 11 is 0. The number of piperazine rings is 1. The van der Waals surface area contributed by atoms with Gasteiger partial charge in [-0.25, -0.2) is 14.0 Å². The average Bonchev–Trinajstić information content (AvgIpc) is 3.12. The van der Waals surface area contributed by atoms with E-state index < -0.39 is 29.7 Å². The third-order valence-electron chi connectivity index (χ3n) is 5.04. The number of carbonyl (C=O) groups excluding carboxylic acids is 2. The number of fused-ring (bicyclic) bond motifs is 2. The Hall–Kier alpha value is -2.68. The van der Waals surface area contributed by atoms with Gasteiger partial charge < -0.3 is 20.1 Å². The van der Waals surface area contributed by atoms with Gasteiger partial charge in [0.15, 0.2) is 0 Å². The molecular weight excluding hydrogens is 381 g/mol. The number of carboxylic acid groups (broad SMARTS) is 1. The quantitative estimate of drug-likeness (QED) is 0.743. The minimum Gasteiger partial charge on any atom is -0.480 e. The summed E-state index contributed by atoms with van der Waals surface area (Å²) in [6.45, 7) is 5.90. The van der Waals surface area contributed by atoms with Crippen molar-refractivity contribution >= 4 is 18.0 Å². The minimum absolute atomic E-state index is 0.00921. The first-order valence-corrected chi connectivity index (χ1v) is 9.55. The summed E-state index contributed by atoms with van der Waals surface area (Å²) in [6, 6.07) is 4.45. The molecule has 0 unspecified atom stereocenters. The highest BCUT2D eigenvalue weighted by Gasteiger charge is 2.50. The molecule has 2 bridgehead atoms. The van der Waals surface area contributed by atoms with Crippen LogP contribution in [0.5, 0.6) is 0 Å². The topological polar surface area (TPSA) is 99.2 Å². The molecule has 2 saturated heterocycles. The van der Waals surface area contributed by atoms with Crippen LogP contribution >= 0.6 is 0 Å². The molecule has 0 aromatic heterocycles. The molecule has 3 rings (SSSR count). The van der Waals surface area contributed by atoms with Crippen LogP contribution in [0, 0.1) is 5.82 Å². The zero-order valence-electron chi connectivity index (χ0n) is 16.7. The second-order valence-corrected chi connectivity index (χ2v) is 8.49. The molecule has 1 aromatic carbocycles. The summed E-state index contributed by atoms with van der Waals surface area (Å²) in [4.78, 5) is 39.8. The normalized spacial score (nSPS) is 22.6. The summed E-state index contributed by atoms with van der Waals surface area (Å²) in [5, 5.41) is 11.8. The zero-order valence-corrected chi connectivity index (χ0v) is 16.7. The molecule has 0 radical (unpaired) electrons. The minimum atomic E-state index is -1.19. The van der Waals surface area contributed by atoms with E-state index in [1.807, 2.05) is 0 Å². The van der Waals surface area contributed by atoms with Crippen molar-refractivity contribution in [2.45, 2.75) is 57.5 Å². The maximum atomic E-state index is 13.4. The van der Waals surface area contributed by atoms with Crippen molar-refractivity contribution in [3.8, 4) is 0 Å². The molecule has 0 saturated carbocycles. The summed E-state index contributed by atoms with van der Waals surface area (Å²) in [6.07, 6.45) is -0.222. The number of carbonyl (C=O) groups is 3. The van der Waals surface area contributed by atoms with Crippen LogP contribution in [0.1, 0.15) is 32.8 Å². The number of nitrogens with zero attached hydrogens (tertiary/aromatic N) is 2. The van der Waals surface area contributed by atoms with E-state index >= 15 is 0 Å². The fourth-order valence-electron chi connectivity index (χ4n) is 3.84. The molecule has 2 heterocycles. The van der Waals surface area contributed by atoms with Gasteiger partial charge in [0.05, 0.1) is 6.04 Å². The first-order chi connectivity index (χ1) is 13.5. The fraction of sp³-hybridized carbons (Fsp3) is 0.550. The molecule has 158 valence electrons. The summed E-state index contributed by atoms with van der Waals surface area (Å²) in [5.74, 6) is -1.65. The Labute approximate surface area is 168 Å². The van der Waals surface area contributed by atoms with Crippen LogP contribution in [-0.2, 0) is 20.9 Å². The molecule has 0 spiro atoms. The molecule has 9 heteroatoms. The Bertz CT molecular complexity index is 810. The molecule has 2 N–H and O–H groups in total. The third-order valence-corrected chi connectivity index (χ3v) is 5.04. The van der Waals surface area contributed by atoms with Gasteiger partial charge in [-0.3, -0.25) is 9.69 Å². The van der Waals surface area contributed by atoms with Gasteiger partial charge in [-0.05, 0) is 44.9 Å². The Morgan fingerprint density at radius 2 is 2.10 bits per heavy atom. The first kappa shape index (κ1) is 21.0. The molecule has 2 aliphatic heterocycles. The van der Waals surface area contributed by atoms with Crippen LogP contribution in [0.2, 0.25) is 0 Å². The van der Waals surface area contributed by atoms with Crippen LogP contribution in [0.3, 0.4) is 0 Å². The van der Waals surface area contributed by atoms with Crippen LogP contribution in [0.25, 0.3) is 0 Å². The fourth-order valence-corrected chi connectivity index (χ4v) is 3.84. The molecule has 2 amide bonds. The molecule has 29 heavy (non-hydrogen) atoms. The maximum Gasteiger partial charge on any atom is 0.408 e. The van der Waals surface area contributed by atoms with E-state index in [0.717, 1.165) is 0 Å². The lowest BCUT2D eigenvalue weighted by molar-refractivity contribution is -0.143. The van der Waals surface area contributed by atoms with Gasteiger partial charge in [0.2, 0.25) is 5.91 Å². The smallest absolute Gasteiger partial charge is 0.408 e. The van der Waals surface area contributed by atoms with Crippen molar-refractivity contribution in [1.29, 1.82) is 0 Å². The molecule has 2 fully saturated rings. The Morgan fingerprint density at radius 3 is 2.69 bits per heavy atom. The SMILES string of the molecule is CC(C)(C)OC(=O)N[C@@H](CN1C[C@@H]2C[C@H]1C(=O)N2Cc1cccc(F)c1)C(=O)O. The van der Waals surface area contributed by atoms with Gasteiger partial charge in [-0.2, -0.15) is 0 Å². The van der Waals surface area contributed by atoms with Crippen molar-refractivity contribution in [3.05, 3.63) is 35.6 Å². The predicted octanol–water partition coefficient (Wildman–Crippen LogP) is 1.59. The van der Waals surface area contributed by atoms with E-state index in [2.05, 4.69) is 5.32 Å². The lowest BCUT2D eigenvalue weighted by Crippen LogP contribution is -2.56. The lowest BCUT2D eigenvalue weighted by atomic mass is 10.1. The average molecular weight is 407 g/mol. The van der Waals surface area contributed by atoms with E-state index in [0.29, 0.717) is 25.1 Å². The van der Waals surface area contributed by atoms with Gasteiger partial charge >= 0.3 is 12.1 Å². The number of nitrogens with one attached hydrogen (secondary N) is 1. The number of carboxylic acids is 1. The molecule has 3 atom stereocenters. The number of ether oxygens (including phenoxy) is 1. The maximum absolute atomic E-state index is 13.4. The second-order valence-electron chi connectivity index (χ2n) is 8.49. The van der Waals surface area contributed by atoms with Gasteiger partial charge in [-0.1, -0.05) is 12.1 Å². The Morgan fingerprint density at radius 1 is 1.38 bits per heavy atom. The van der Waals surface area contributed by atoms with Gasteiger partial charge in [0, 0.05) is 25.7 Å². The molecular formula is C20H26FN3O5. The number of alkyl carbamates (subject to hydrolysis) is 1. The molecule has 2 aliphatic rings. The summed E-state index contributed by atoms with van der Waals surface area (Å²) < 4.78 is 18.5. The summed E-state index contributed by atoms with van der Waals surface area (Å²) in [5.41, 5.74) is -0.0276. The number of aliphatic carboxylic acids is 1. The number of likely N-dealkylation sites (tertiary alicyclic amines) is 2. The van der Waals surface area contributed by atoms with E-state index in [9.17, 15) is 23.9 Å². The van der Waals surface area contributed by atoms with Crippen molar-refractivity contribution in [3.63, 3.8) is 0 Å². The van der Waals surface area contributed by atoms with Crippen LogP contribution in [0.15, 0.2) is 24.3 Å². The monoisotopic (exact) mass is 407 g/mol. The zero-order chi connectivity index (χ0) is 21.3. The predicted molar refractivity (Wildman–Crippen MR) is 102 cm³/mol. The molecule has 8 nitrogen and oxygen atoms in total. The number of amides is 2. The van der Waals surface area contributed by atoms with Crippen molar-refractivity contribution in [1.82, 2.24) is 15.1 Å². The van der Waals surface area contributed by atoms with Crippen LogP contribution < -0.4 is 5.32 Å². The number of hydrogen-bond acceptors (Lipinski definition) is 5. The highest BCUT2D eigenvalue weighted by Crippen LogP contribution is 2.33. The van der Waals surface area contributed by atoms with E-state index in [-0.39, 0.29) is 24.3 Å². The lowest BCUT2D eigenvalue weighted by Gasteiger charge is -2.35. The number of hydrogen-bond donors (Lipinski definition) is 2. The highest BCUT2D eigenvalue weighted by atomic mass is 19.1. The van der Waals surface area contributed by atoms with Gasteiger partial charge in [0.1, 0.15) is 17.5 Å². The second kappa shape index (κ2) is 7.98. The van der Waals surface area contributed by atoms with E-state index in [4.69, 9.17) is 4.74 Å². The number of rotatable bonds is 6. The Balaban J connectivity index is 1.60. The number of halogens is 1. The standard InChI is InChI=1S/C20H26FN3O5/c1-20(2,3)29-19(28)22-15(18(26)27)11-23-10-14-8-16(23)17(25)24(14)9-12-5-4-6-13(21)7-12/h4-7,14-16H,8-11H2,1-3H3,(H,22,28)(H,26,27)/t14-,15-,16-/m0/s1. The highest BCUT2D eigenvalue weighted by molar-refractivity contribution is 5.86. The van der Waals surface area contributed by atoms with Gasteiger partial charge in [-0.15, -0.1) is 0 Å². The first-order valence-electron chi connectivity index (χ1n) is 9.55. The summed E-state index contributed by atoms with van der Waals surface area (Å²) in [7, 11) is 0. The van der Waals surface area contributed by atoms with Crippen molar-refractivity contribution < 1.29 is 28.6 Å². The van der Waals surface area contributed by atoms with Crippen molar-refractivity contribution in [2.75, 3.05) is 13.1 Å². The van der Waals surface area contributed by atoms with Gasteiger partial charge in [0.25, 0.3) is 0 Å². The third kappa shape index (κ3) is 5.03. The Kier molecular flexibility index (Phi) is 5.79. The van der Waals surface area contributed by atoms with E-state index in [1.54, 1.807) is 42.7 Å². The van der Waals surface area contributed by atoms with Crippen molar-refractivity contribution in [2.24, 2.45) is 0 Å².